The quantitative estimate of drug-likeness (QED) is 0.536. The average Bonchev–Trinajstić information content (AvgIpc) is 3.03. The topological polar surface area (TPSA) is 120 Å². The van der Waals surface area contributed by atoms with Crippen molar-refractivity contribution in [2.75, 3.05) is 37.6 Å². The largest absolute Gasteiger partial charge is 0.444 e. The highest BCUT2D eigenvalue weighted by atomic mass is 35.5. The summed E-state index contributed by atoms with van der Waals surface area (Å²) in [5, 5.41) is 7.94. The van der Waals surface area contributed by atoms with E-state index in [4.69, 9.17) is 16.3 Å². The lowest BCUT2D eigenvalue weighted by molar-refractivity contribution is -0.132. The van der Waals surface area contributed by atoms with Crippen LogP contribution in [0, 0.1) is 0 Å². The number of rotatable bonds is 6. The third kappa shape index (κ3) is 6.50. The highest BCUT2D eigenvalue weighted by Gasteiger charge is 2.46. The number of amides is 5. The lowest BCUT2D eigenvalue weighted by Gasteiger charge is -2.36. The van der Waals surface area contributed by atoms with Crippen molar-refractivity contribution in [2.45, 2.75) is 44.8 Å². The molecule has 0 aromatic heterocycles. The van der Waals surface area contributed by atoms with E-state index in [2.05, 4.69) is 20.9 Å². The summed E-state index contributed by atoms with van der Waals surface area (Å²) in [4.78, 5) is 53.1. The second-order valence-electron chi connectivity index (χ2n) is 9.19. The van der Waals surface area contributed by atoms with E-state index >= 15 is 0 Å². The Hall–Kier alpha value is -3.01. The molecule has 11 heteroatoms. The monoisotopic (exact) mass is 479 g/mol. The SMILES string of the molecule is CC(C)(C)OC(=O)NCC1(CCC(=O)N2CCN(c3cccc(Cl)c3)CC2)NC(=O)NC1=O. The Labute approximate surface area is 197 Å². The van der Waals surface area contributed by atoms with Gasteiger partial charge >= 0.3 is 12.1 Å². The van der Waals surface area contributed by atoms with Crippen LogP contribution in [0.3, 0.4) is 0 Å². The van der Waals surface area contributed by atoms with Crippen molar-refractivity contribution in [3.05, 3.63) is 29.3 Å². The molecule has 1 unspecified atom stereocenters. The van der Waals surface area contributed by atoms with E-state index in [9.17, 15) is 19.2 Å². The van der Waals surface area contributed by atoms with Gasteiger partial charge in [-0.15, -0.1) is 0 Å². The molecule has 2 fully saturated rings. The molecule has 3 rings (SSSR count). The van der Waals surface area contributed by atoms with Gasteiger partial charge in [-0.25, -0.2) is 9.59 Å². The Kier molecular flexibility index (Phi) is 7.36. The number of piperazine rings is 1. The third-order valence-electron chi connectivity index (χ3n) is 5.52. The summed E-state index contributed by atoms with van der Waals surface area (Å²) >= 11 is 6.07. The van der Waals surface area contributed by atoms with Crippen LogP contribution in [0.1, 0.15) is 33.6 Å². The number of nitrogens with one attached hydrogen (secondary N) is 3. The number of imide groups is 1. The summed E-state index contributed by atoms with van der Waals surface area (Å²) in [6.45, 7) is 7.37. The first-order chi connectivity index (χ1) is 15.5. The Morgan fingerprint density at radius 2 is 1.88 bits per heavy atom. The van der Waals surface area contributed by atoms with Crippen molar-refractivity contribution in [2.24, 2.45) is 0 Å². The van der Waals surface area contributed by atoms with Gasteiger partial charge < -0.3 is 25.2 Å². The minimum absolute atomic E-state index is 0.0425. The second-order valence-corrected chi connectivity index (χ2v) is 9.63. The number of urea groups is 1. The number of anilines is 1. The van der Waals surface area contributed by atoms with Gasteiger partial charge in [0.25, 0.3) is 5.91 Å². The molecule has 1 aromatic rings. The molecular formula is C22H30ClN5O5. The lowest BCUT2D eigenvalue weighted by atomic mass is 9.93. The first kappa shape index (κ1) is 24.6. The molecule has 0 bridgehead atoms. The van der Waals surface area contributed by atoms with Crippen LogP contribution in [0.4, 0.5) is 15.3 Å². The third-order valence-corrected chi connectivity index (χ3v) is 5.75. The van der Waals surface area contributed by atoms with E-state index < -0.39 is 29.2 Å². The molecule has 3 N–H and O–H groups in total. The fourth-order valence-electron chi connectivity index (χ4n) is 3.82. The predicted octanol–water partition coefficient (Wildman–Crippen LogP) is 1.87. The highest BCUT2D eigenvalue weighted by Crippen LogP contribution is 2.22. The van der Waals surface area contributed by atoms with Gasteiger partial charge in [0.2, 0.25) is 5.91 Å². The van der Waals surface area contributed by atoms with Gasteiger partial charge in [0.05, 0.1) is 6.54 Å². The van der Waals surface area contributed by atoms with E-state index in [-0.39, 0.29) is 25.3 Å². The predicted molar refractivity (Wildman–Crippen MR) is 123 cm³/mol. The van der Waals surface area contributed by atoms with Gasteiger partial charge in [-0.05, 0) is 45.4 Å². The minimum Gasteiger partial charge on any atom is -0.444 e. The number of halogens is 1. The highest BCUT2D eigenvalue weighted by molar-refractivity contribution is 6.30. The molecule has 1 atom stereocenters. The number of alkyl carbamates (subject to hydrolysis) is 1. The minimum atomic E-state index is -1.41. The molecule has 1 aromatic carbocycles. The van der Waals surface area contributed by atoms with Gasteiger partial charge in [-0.2, -0.15) is 0 Å². The summed E-state index contributed by atoms with van der Waals surface area (Å²) in [5.74, 6) is -0.700. The number of hydrogen-bond acceptors (Lipinski definition) is 6. The number of hydrogen-bond donors (Lipinski definition) is 3. The maximum Gasteiger partial charge on any atom is 0.407 e. The van der Waals surface area contributed by atoms with Crippen LogP contribution >= 0.6 is 11.6 Å². The number of carbonyl (C=O) groups excluding carboxylic acids is 4. The average molecular weight is 480 g/mol. The molecule has 0 spiro atoms. The second kappa shape index (κ2) is 9.86. The molecular weight excluding hydrogens is 450 g/mol. The van der Waals surface area contributed by atoms with Crippen molar-refractivity contribution in [1.82, 2.24) is 20.9 Å². The zero-order valence-corrected chi connectivity index (χ0v) is 19.8. The summed E-state index contributed by atoms with van der Waals surface area (Å²) in [6.07, 6.45) is -0.617. The Morgan fingerprint density at radius 3 is 2.45 bits per heavy atom. The van der Waals surface area contributed by atoms with Crippen molar-refractivity contribution >= 4 is 41.2 Å². The standard InChI is InChI=1S/C22H30ClN5O5/c1-21(2,3)33-20(32)24-14-22(18(30)25-19(31)26-22)8-7-17(29)28-11-9-27(10-12-28)16-6-4-5-15(23)13-16/h4-6,13H,7-12,14H2,1-3H3,(H,24,32)(H2,25,26,30,31). The molecule has 0 radical (unpaired) electrons. The van der Waals surface area contributed by atoms with Gasteiger partial charge in [-0.1, -0.05) is 17.7 Å². The van der Waals surface area contributed by atoms with E-state index in [1.165, 1.54) is 0 Å². The van der Waals surface area contributed by atoms with Crippen LogP contribution in [0.25, 0.3) is 0 Å². The summed E-state index contributed by atoms with van der Waals surface area (Å²) in [6, 6.07) is 6.92. The summed E-state index contributed by atoms with van der Waals surface area (Å²) < 4.78 is 5.20. The molecule has 2 saturated heterocycles. The molecule has 5 amide bonds. The van der Waals surface area contributed by atoms with Crippen molar-refractivity contribution in [1.29, 1.82) is 0 Å². The summed E-state index contributed by atoms with van der Waals surface area (Å²) in [5.41, 5.74) is -1.11. The molecule has 2 aliphatic rings. The number of ether oxygens (including phenoxy) is 1. The van der Waals surface area contributed by atoms with Crippen LogP contribution in [-0.2, 0) is 14.3 Å². The Morgan fingerprint density at radius 1 is 1.18 bits per heavy atom. The number of carbonyl (C=O) groups is 4. The Bertz CT molecular complexity index is 926. The van der Waals surface area contributed by atoms with Crippen LogP contribution in [0.2, 0.25) is 5.02 Å². The zero-order valence-electron chi connectivity index (χ0n) is 19.1. The number of nitrogens with zero attached hydrogens (tertiary/aromatic N) is 2. The van der Waals surface area contributed by atoms with E-state index in [1.807, 2.05) is 24.3 Å². The molecule has 2 heterocycles. The van der Waals surface area contributed by atoms with Crippen LogP contribution < -0.4 is 20.9 Å². The molecule has 10 nitrogen and oxygen atoms in total. The molecule has 0 saturated carbocycles. The van der Waals surface area contributed by atoms with Crippen LogP contribution in [0.15, 0.2) is 24.3 Å². The van der Waals surface area contributed by atoms with E-state index in [0.717, 1.165) is 5.69 Å². The molecule has 2 aliphatic heterocycles. The molecule has 33 heavy (non-hydrogen) atoms. The first-order valence-electron chi connectivity index (χ1n) is 10.9. The van der Waals surface area contributed by atoms with Crippen molar-refractivity contribution < 1.29 is 23.9 Å². The van der Waals surface area contributed by atoms with Crippen molar-refractivity contribution in [3.63, 3.8) is 0 Å². The summed E-state index contributed by atoms with van der Waals surface area (Å²) in [7, 11) is 0. The lowest BCUT2D eigenvalue weighted by Crippen LogP contribution is -2.56. The Balaban J connectivity index is 1.55. The van der Waals surface area contributed by atoms with Crippen molar-refractivity contribution in [3.8, 4) is 0 Å². The molecule has 0 aliphatic carbocycles. The van der Waals surface area contributed by atoms with Gasteiger partial charge in [-0.3, -0.25) is 14.9 Å². The molecule has 180 valence electrons. The maximum absolute atomic E-state index is 12.8. The van der Waals surface area contributed by atoms with Gasteiger partial charge in [0, 0.05) is 43.3 Å². The van der Waals surface area contributed by atoms with E-state index in [0.29, 0.717) is 31.2 Å². The number of benzene rings is 1. The van der Waals surface area contributed by atoms with Crippen LogP contribution in [0.5, 0.6) is 0 Å². The first-order valence-corrected chi connectivity index (χ1v) is 11.2. The van der Waals surface area contributed by atoms with Gasteiger partial charge in [0.15, 0.2) is 0 Å². The van der Waals surface area contributed by atoms with E-state index in [1.54, 1.807) is 25.7 Å². The zero-order chi connectivity index (χ0) is 24.2. The maximum atomic E-state index is 12.8. The smallest absolute Gasteiger partial charge is 0.407 e. The fourth-order valence-corrected chi connectivity index (χ4v) is 4.00. The fraction of sp³-hybridized carbons (Fsp3) is 0.545. The van der Waals surface area contributed by atoms with Crippen LogP contribution in [-0.4, -0.2) is 72.7 Å². The van der Waals surface area contributed by atoms with Gasteiger partial charge in [0.1, 0.15) is 11.1 Å². The normalized spacial score (nSPS) is 20.8.